The molecule has 0 amide bonds. The minimum atomic E-state index is -1.97. The zero-order valence-electron chi connectivity index (χ0n) is 18.1. The summed E-state index contributed by atoms with van der Waals surface area (Å²) in [6.45, 7) is 7.17. The third-order valence-corrected chi connectivity index (χ3v) is 5.41. The lowest BCUT2D eigenvalue weighted by Crippen LogP contribution is -2.60. The van der Waals surface area contributed by atoms with E-state index in [0.29, 0.717) is 11.3 Å². The van der Waals surface area contributed by atoms with Crippen molar-refractivity contribution in [3.63, 3.8) is 0 Å². The smallest absolute Gasteiger partial charge is 0.331 e. The van der Waals surface area contributed by atoms with Gasteiger partial charge in [0.15, 0.2) is 11.3 Å². The number of ketones is 1. The number of nitrogens with zero attached hydrogens (tertiary/aromatic N) is 1. The molecular formula is C23H28N2O6. The fourth-order valence-electron chi connectivity index (χ4n) is 3.39. The number of ether oxygens (including phenoxy) is 1. The largest absolute Gasteiger partial charge is 0.489 e. The lowest BCUT2D eigenvalue weighted by molar-refractivity contribution is -0.384. The molecular weight excluding hydrogens is 400 g/mol. The number of Topliss-reactive ketones (excluding diaryl/α,β-unsaturated/α-hetero) is 1. The minimum Gasteiger partial charge on any atom is -0.489 e. The summed E-state index contributed by atoms with van der Waals surface area (Å²) in [5.41, 5.74) is 5.54. The van der Waals surface area contributed by atoms with Crippen molar-refractivity contribution in [2.24, 2.45) is 17.6 Å². The van der Waals surface area contributed by atoms with Gasteiger partial charge in [-0.25, -0.2) is 4.79 Å². The molecule has 8 nitrogen and oxygen atoms in total. The number of carboxylic acids is 1. The van der Waals surface area contributed by atoms with Crippen molar-refractivity contribution in [3.05, 3.63) is 69.8 Å². The van der Waals surface area contributed by atoms with E-state index in [2.05, 4.69) is 0 Å². The average molecular weight is 428 g/mol. The second-order valence-electron chi connectivity index (χ2n) is 8.20. The number of nitro groups is 1. The predicted octanol–water partition coefficient (Wildman–Crippen LogP) is 3.92. The van der Waals surface area contributed by atoms with Crippen LogP contribution in [0.5, 0.6) is 5.75 Å². The Morgan fingerprint density at radius 3 is 2.03 bits per heavy atom. The summed E-state index contributed by atoms with van der Waals surface area (Å²) in [6, 6.07) is 13.0. The molecule has 2 aromatic carbocycles. The van der Waals surface area contributed by atoms with E-state index in [4.69, 9.17) is 10.5 Å². The molecule has 0 radical (unpaired) electrons. The number of benzene rings is 2. The van der Waals surface area contributed by atoms with Crippen LogP contribution in [0.4, 0.5) is 5.69 Å². The van der Waals surface area contributed by atoms with Crippen molar-refractivity contribution in [3.8, 4) is 5.75 Å². The Kier molecular flexibility index (Phi) is 7.51. The van der Waals surface area contributed by atoms with Gasteiger partial charge in [-0.15, -0.1) is 0 Å². The molecule has 0 heterocycles. The van der Waals surface area contributed by atoms with Crippen LogP contribution in [0.25, 0.3) is 0 Å². The SMILES string of the molecule is CC(C)C(C(=O)[C@](N)(C(=O)O)C(C)C)c1ccc(OCc2ccc([N+](=O)[O-])cc2)cc1. The van der Waals surface area contributed by atoms with Crippen LogP contribution in [-0.4, -0.2) is 27.3 Å². The Morgan fingerprint density at radius 2 is 1.61 bits per heavy atom. The van der Waals surface area contributed by atoms with Crippen LogP contribution in [0, 0.1) is 22.0 Å². The fourth-order valence-corrected chi connectivity index (χ4v) is 3.39. The number of aliphatic carboxylic acids is 1. The fraction of sp³-hybridized carbons (Fsp3) is 0.391. The average Bonchev–Trinajstić information content (AvgIpc) is 2.72. The molecule has 0 spiro atoms. The van der Waals surface area contributed by atoms with E-state index in [9.17, 15) is 24.8 Å². The highest BCUT2D eigenvalue weighted by Crippen LogP contribution is 2.33. The van der Waals surface area contributed by atoms with Crippen molar-refractivity contribution in [2.45, 2.75) is 45.8 Å². The van der Waals surface area contributed by atoms with Crippen LogP contribution in [0.2, 0.25) is 0 Å². The van der Waals surface area contributed by atoms with Crippen molar-refractivity contribution in [1.29, 1.82) is 0 Å². The third kappa shape index (κ3) is 5.27. The standard InChI is InChI=1S/C23H28N2O6/c1-14(2)20(21(26)23(24,15(3)4)22(27)28)17-7-11-19(12-8-17)31-13-16-5-9-18(10-6-16)25(29)30/h5-12,14-15,20H,13,24H2,1-4H3,(H,27,28)/t20?,23-/m0/s1. The molecule has 31 heavy (non-hydrogen) atoms. The molecule has 0 aliphatic rings. The second kappa shape index (κ2) is 9.70. The maximum absolute atomic E-state index is 13.2. The van der Waals surface area contributed by atoms with E-state index >= 15 is 0 Å². The van der Waals surface area contributed by atoms with Gasteiger partial charge < -0.3 is 15.6 Å². The first-order chi connectivity index (χ1) is 14.5. The molecule has 3 N–H and O–H groups in total. The molecule has 0 saturated carbocycles. The van der Waals surface area contributed by atoms with Crippen molar-refractivity contribution in [2.75, 3.05) is 0 Å². The summed E-state index contributed by atoms with van der Waals surface area (Å²) in [5.74, 6) is -2.69. The number of carbonyl (C=O) groups is 2. The number of hydrogen-bond acceptors (Lipinski definition) is 6. The highest BCUT2D eigenvalue weighted by atomic mass is 16.6. The van der Waals surface area contributed by atoms with E-state index in [1.54, 1.807) is 50.2 Å². The monoisotopic (exact) mass is 428 g/mol. The zero-order valence-corrected chi connectivity index (χ0v) is 18.1. The van der Waals surface area contributed by atoms with Gasteiger partial charge in [-0.3, -0.25) is 14.9 Å². The maximum atomic E-state index is 13.2. The number of nitro benzene ring substituents is 1. The van der Waals surface area contributed by atoms with Gasteiger partial charge in [-0.2, -0.15) is 0 Å². The summed E-state index contributed by atoms with van der Waals surface area (Å²) < 4.78 is 5.72. The van der Waals surface area contributed by atoms with Gasteiger partial charge in [-0.05, 0) is 47.2 Å². The predicted molar refractivity (Wildman–Crippen MR) is 116 cm³/mol. The number of nitrogens with two attached hydrogens (primary N) is 1. The van der Waals surface area contributed by atoms with Gasteiger partial charge in [0.1, 0.15) is 12.4 Å². The zero-order chi connectivity index (χ0) is 23.3. The normalized spacial score (nSPS) is 14.2. The molecule has 0 saturated heterocycles. The summed E-state index contributed by atoms with van der Waals surface area (Å²) >= 11 is 0. The van der Waals surface area contributed by atoms with Gasteiger partial charge in [0.25, 0.3) is 5.69 Å². The highest BCUT2D eigenvalue weighted by Gasteiger charge is 2.48. The molecule has 166 valence electrons. The molecule has 0 fully saturated rings. The molecule has 0 aromatic heterocycles. The van der Waals surface area contributed by atoms with E-state index in [0.717, 1.165) is 5.56 Å². The second-order valence-corrected chi connectivity index (χ2v) is 8.20. The van der Waals surface area contributed by atoms with Gasteiger partial charge in [0.05, 0.1) is 4.92 Å². The first kappa shape index (κ1) is 24.0. The summed E-state index contributed by atoms with van der Waals surface area (Å²) in [7, 11) is 0. The molecule has 1 unspecified atom stereocenters. The molecule has 2 rings (SSSR count). The Hall–Kier alpha value is -3.26. The Labute approximate surface area is 181 Å². The van der Waals surface area contributed by atoms with Crippen LogP contribution in [0.1, 0.15) is 44.7 Å². The van der Waals surface area contributed by atoms with Crippen LogP contribution in [0.15, 0.2) is 48.5 Å². The van der Waals surface area contributed by atoms with Gasteiger partial charge in [0.2, 0.25) is 0 Å². The Balaban J connectivity index is 2.18. The summed E-state index contributed by atoms with van der Waals surface area (Å²) in [4.78, 5) is 35.2. The van der Waals surface area contributed by atoms with E-state index < -0.39 is 34.1 Å². The number of carbonyl (C=O) groups excluding carboxylic acids is 1. The quantitative estimate of drug-likeness (QED) is 0.333. The number of non-ortho nitro benzene ring substituents is 1. The molecule has 8 heteroatoms. The molecule has 2 atom stereocenters. The topological polar surface area (TPSA) is 133 Å². The molecule has 0 aliphatic carbocycles. The minimum absolute atomic E-state index is 0.0104. The first-order valence-corrected chi connectivity index (χ1v) is 10.0. The van der Waals surface area contributed by atoms with Crippen molar-refractivity contribution >= 4 is 17.4 Å². The van der Waals surface area contributed by atoms with Crippen LogP contribution in [-0.2, 0) is 16.2 Å². The van der Waals surface area contributed by atoms with Gasteiger partial charge in [-0.1, -0.05) is 39.8 Å². The van der Waals surface area contributed by atoms with Crippen molar-refractivity contribution < 1.29 is 24.4 Å². The van der Waals surface area contributed by atoms with Crippen LogP contribution >= 0.6 is 0 Å². The van der Waals surface area contributed by atoms with E-state index in [1.807, 2.05) is 13.8 Å². The third-order valence-electron chi connectivity index (χ3n) is 5.41. The lowest BCUT2D eigenvalue weighted by Gasteiger charge is -2.33. The Bertz CT molecular complexity index is 938. The number of carboxylic acid groups (broad SMARTS) is 1. The lowest BCUT2D eigenvalue weighted by atomic mass is 9.72. The number of hydrogen-bond donors (Lipinski definition) is 2. The maximum Gasteiger partial charge on any atom is 0.331 e. The summed E-state index contributed by atoms with van der Waals surface area (Å²) in [6.07, 6.45) is 0. The van der Waals surface area contributed by atoms with Crippen LogP contribution < -0.4 is 10.5 Å². The summed E-state index contributed by atoms with van der Waals surface area (Å²) in [5, 5.41) is 20.3. The Morgan fingerprint density at radius 1 is 1.06 bits per heavy atom. The molecule has 0 bridgehead atoms. The first-order valence-electron chi connectivity index (χ1n) is 10.0. The number of rotatable bonds is 10. The van der Waals surface area contributed by atoms with Crippen molar-refractivity contribution in [1.82, 2.24) is 0 Å². The highest BCUT2D eigenvalue weighted by molar-refractivity contribution is 6.10. The van der Waals surface area contributed by atoms with E-state index in [1.165, 1.54) is 12.1 Å². The van der Waals surface area contributed by atoms with E-state index in [-0.39, 0.29) is 18.2 Å². The molecule has 2 aromatic rings. The van der Waals surface area contributed by atoms with Crippen LogP contribution in [0.3, 0.4) is 0 Å². The molecule has 0 aliphatic heterocycles. The van der Waals surface area contributed by atoms with Gasteiger partial charge >= 0.3 is 5.97 Å². The van der Waals surface area contributed by atoms with Gasteiger partial charge in [0, 0.05) is 18.1 Å².